The van der Waals surface area contributed by atoms with E-state index in [1.54, 1.807) is 19.9 Å². The van der Waals surface area contributed by atoms with Crippen molar-refractivity contribution >= 4 is 28.2 Å². The Balaban J connectivity index is 2.23. The van der Waals surface area contributed by atoms with E-state index in [1.807, 2.05) is 25.1 Å². The minimum Gasteiger partial charge on any atom is -0.506 e. The van der Waals surface area contributed by atoms with Crippen LogP contribution < -0.4 is 0 Å². The lowest BCUT2D eigenvalue weighted by molar-refractivity contribution is -0.126. The van der Waals surface area contributed by atoms with Crippen LogP contribution in [-0.4, -0.2) is 21.7 Å². The lowest BCUT2D eigenvalue weighted by Crippen LogP contribution is -2.27. The molecule has 1 saturated carbocycles. The maximum absolute atomic E-state index is 12.3. The molecule has 0 radical (unpaired) electrons. The number of aliphatic hydroxyl groups excluding tert-OH is 1. The van der Waals surface area contributed by atoms with Gasteiger partial charge in [0.25, 0.3) is 0 Å². The Morgan fingerprint density at radius 3 is 2.74 bits per heavy atom. The van der Waals surface area contributed by atoms with Crippen LogP contribution in [-0.2, 0) is 9.59 Å². The van der Waals surface area contributed by atoms with E-state index in [0.717, 1.165) is 16.5 Å². The number of hydrogen-bond acceptors (Lipinski definition) is 4. The van der Waals surface area contributed by atoms with Crippen molar-refractivity contribution in [3.05, 3.63) is 46.7 Å². The molecule has 23 heavy (non-hydrogen) atoms. The van der Waals surface area contributed by atoms with Crippen LogP contribution in [0.1, 0.15) is 36.6 Å². The van der Waals surface area contributed by atoms with Crippen LogP contribution in [0.4, 0.5) is 0 Å². The highest BCUT2D eigenvalue weighted by atomic mass is 16.3. The highest BCUT2D eigenvalue weighted by Crippen LogP contribution is 2.30. The first-order valence-corrected chi connectivity index (χ1v) is 7.78. The number of allylic oxidation sites excluding steroid dienone is 1. The molecule has 0 aliphatic heterocycles. The zero-order valence-electron chi connectivity index (χ0n) is 13.5. The SMILES string of the molecule is Cc1nc2c(C)cccc2cc1/C(O)=C1/C(=O)CCC(C)C1=O. The topological polar surface area (TPSA) is 67.3 Å². The molecule has 0 spiro atoms. The van der Waals surface area contributed by atoms with Gasteiger partial charge in [-0.1, -0.05) is 25.1 Å². The van der Waals surface area contributed by atoms with Crippen LogP contribution in [0.2, 0.25) is 0 Å². The zero-order valence-corrected chi connectivity index (χ0v) is 13.5. The lowest BCUT2D eigenvalue weighted by atomic mass is 9.83. The summed E-state index contributed by atoms with van der Waals surface area (Å²) in [4.78, 5) is 29.0. The minimum absolute atomic E-state index is 0.0688. The number of carbonyl (C=O) groups excluding carboxylic acids is 2. The predicted molar refractivity (Wildman–Crippen MR) is 89.2 cm³/mol. The van der Waals surface area contributed by atoms with Gasteiger partial charge >= 0.3 is 0 Å². The normalized spacial score (nSPS) is 20.9. The second-order valence-corrected chi connectivity index (χ2v) is 6.22. The molecular weight excluding hydrogens is 290 g/mol. The number of hydrogen-bond donors (Lipinski definition) is 1. The second-order valence-electron chi connectivity index (χ2n) is 6.22. The molecule has 0 amide bonds. The molecule has 0 bridgehead atoms. The van der Waals surface area contributed by atoms with Gasteiger partial charge in [0.15, 0.2) is 11.6 Å². The van der Waals surface area contributed by atoms with Crippen LogP contribution in [0, 0.1) is 19.8 Å². The summed E-state index contributed by atoms with van der Waals surface area (Å²) >= 11 is 0. The van der Waals surface area contributed by atoms with Crippen molar-refractivity contribution in [1.82, 2.24) is 4.98 Å². The number of carbonyl (C=O) groups is 2. The molecule has 1 aromatic heterocycles. The summed E-state index contributed by atoms with van der Waals surface area (Å²) in [5.41, 5.74) is 2.90. The Morgan fingerprint density at radius 2 is 2.00 bits per heavy atom. The number of aliphatic hydroxyl groups is 1. The van der Waals surface area contributed by atoms with E-state index in [-0.39, 0.29) is 28.8 Å². The largest absolute Gasteiger partial charge is 0.506 e. The summed E-state index contributed by atoms with van der Waals surface area (Å²) in [6, 6.07) is 7.60. The van der Waals surface area contributed by atoms with Gasteiger partial charge in [-0.2, -0.15) is 0 Å². The average molecular weight is 309 g/mol. The minimum atomic E-state index is -0.283. The van der Waals surface area contributed by atoms with Crippen LogP contribution >= 0.6 is 0 Å². The molecule has 1 aromatic carbocycles. The third-order valence-electron chi connectivity index (χ3n) is 4.51. The van der Waals surface area contributed by atoms with E-state index in [2.05, 4.69) is 4.98 Å². The Kier molecular flexibility index (Phi) is 3.76. The molecule has 118 valence electrons. The van der Waals surface area contributed by atoms with Crippen LogP contribution in [0.15, 0.2) is 29.8 Å². The Labute approximate surface area is 134 Å². The first kappa shape index (κ1) is 15.4. The van der Waals surface area contributed by atoms with Crippen LogP contribution in [0.5, 0.6) is 0 Å². The highest BCUT2D eigenvalue weighted by molar-refractivity contribution is 6.26. The van der Waals surface area contributed by atoms with Crippen molar-refractivity contribution in [3.8, 4) is 0 Å². The summed E-state index contributed by atoms with van der Waals surface area (Å²) in [5, 5.41) is 11.5. The molecule has 0 saturated heterocycles. The van der Waals surface area contributed by atoms with Crippen molar-refractivity contribution < 1.29 is 14.7 Å². The molecule has 1 unspecified atom stereocenters. The molecule has 1 N–H and O–H groups in total. The number of ketones is 2. The maximum Gasteiger partial charge on any atom is 0.173 e. The summed E-state index contributed by atoms with van der Waals surface area (Å²) in [6.45, 7) is 5.54. The number of aromatic nitrogens is 1. The summed E-state index contributed by atoms with van der Waals surface area (Å²) < 4.78 is 0. The van der Waals surface area contributed by atoms with E-state index < -0.39 is 0 Å². The van der Waals surface area contributed by atoms with Crippen LogP contribution in [0.25, 0.3) is 16.7 Å². The second kappa shape index (κ2) is 5.61. The molecule has 3 rings (SSSR count). The number of benzene rings is 1. The number of Topliss-reactive ketones (excluding diaryl/α,β-unsaturated/α-hetero) is 2. The van der Waals surface area contributed by atoms with E-state index >= 15 is 0 Å². The van der Waals surface area contributed by atoms with Gasteiger partial charge in [-0.3, -0.25) is 14.6 Å². The average Bonchev–Trinajstić information content (AvgIpc) is 2.51. The highest BCUT2D eigenvalue weighted by Gasteiger charge is 2.33. The van der Waals surface area contributed by atoms with E-state index in [0.29, 0.717) is 24.1 Å². The van der Waals surface area contributed by atoms with Gasteiger partial charge < -0.3 is 5.11 Å². The Bertz CT molecular complexity index is 864. The molecule has 1 atom stereocenters. The van der Waals surface area contributed by atoms with Crippen molar-refractivity contribution in [1.29, 1.82) is 0 Å². The first-order valence-electron chi connectivity index (χ1n) is 7.78. The number of fused-ring (bicyclic) bond motifs is 1. The molecule has 1 aliphatic rings. The third-order valence-corrected chi connectivity index (χ3v) is 4.51. The zero-order chi connectivity index (χ0) is 16.7. The van der Waals surface area contributed by atoms with Crippen molar-refractivity contribution in [2.24, 2.45) is 5.92 Å². The van der Waals surface area contributed by atoms with Gasteiger partial charge in [0.05, 0.1) is 5.52 Å². The number of pyridine rings is 1. The molecule has 4 heteroatoms. The van der Waals surface area contributed by atoms with Crippen molar-refractivity contribution in [3.63, 3.8) is 0 Å². The number of rotatable bonds is 1. The fourth-order valence-electron chi connectivity index (χ4n) is 3.05. The van der Waals surface area contributed by atoms with Gasteiger partial charge in [0.1, 0.15) is 11.3 Å². The molecule has 2 aromatic rings. The standard InChI is InChI=1S/C19H19NO3/c1-10-5-4-6-13-9-14(12(3)20-17(10)13)19(23)16-15(21)8-7-11(2)18(16)22/h4-6,9,11,23H,7-8H2,1-3H3/b19-16+. The van der Waals surface area contributed by atoms with Crippen molar-refractivity contribution in [2.45, 2.75) is 33.6 Å². The molecular formula is C19H19NO3. The van der Waals surface area contributed by atoms with Gasteiger partial charge in [0.2, 0.25) is 0 Å². The number of nitrogens with zero attached hydrogens (tertiary/aromatic N) is 1. The quantitative estimate of drug-likeness (QED) is 0.495. The first-order chi connectivity index (χ1) is 10.9. The van der Waals surface area contributed by atoms with Gasteiger partial charge in [0, 0.05) is 29.0 Å². The van der Waals surface area contributed by atoms with E-state index in [4.69, 9.17) is 0 Å². The van der Waals surface area contributed by atoms with Crippen molar-refractivity contribution in [2.75, 3.05) is 0 Å². The summed E-state index contributed by atoms with van der Waals surface area (Å²) in [5.74, 6) is -1.03. The van der Waals surface area contributed by atoms with Gasteiger partial charge in [-0.15, -0.1) is 0 Å². The molecule has 1 aliphatic carbocycles. The Morgan fingerprint density at radius 1 is 1.26 bits per heavy atom. The predicted octanol–water partition coefficient (Wildman–Crippen LogP) is 3.69. The van der Waals surface area contributed by atoms with Gasteiger partial charge in [-0.25, -0.2) is 0 Å². The number of para-hydroxylation sites is 1. The van der Waals surface area contributed by atoms with Gasteiger partial charge in [-0.05, 0) is 31.9 Å². The molecule has 1 fully saturated rings. The number of aryl methyl sites for hydroxylation is 2. The summed E-state index contributed by atoms with van der Waals surface area (Å²) in [7, 11) is 0. The van der Waals surface area contributed by atoms with E-state index in [9.17, 15) is 14.7 Å². The van der Waals surface area contributed by atoms with E-state index in [1.165, 1.54) is 0 Å². The molecule has 1 heterocycles. The fourth-order valence-corrected chi connectivity index (χ4v) is 3.05. The Hall–Kier alpha value is -2.49. The third kappa shape index (κ3) is 2.54. The monoisotopic (exact) mass is 309 g/mol. The lowest BCUT2D eigenvalue weighted by Gasteiger charge is -2.20. The molecule has 4 nitrogen and oxygen atoms in total. The fraction of sp³-hybridized carbons (Fsp3) is 0.316. The summed E-state index contributed by atoms with van der Waals surface area (Å²) in [6.07, 6.45) is 0.841. The smallest absolute Gasteiger partial charge is 0.173 e. The van der Waals surface area contributed by atoms with Crippen LogP contribution in [0.3, 0.4) is 0 Å². The maximum atomic E-state index is 12.3.